The lowest BCUT2D eigenvalue weighted by atomic mass is 10.1. The molecule has 0 amide bonds. The monoisotopic (exact) mass is 261 g/mol. The molecular formula is C14H15NO2S. The maximum Gasteiger partial charge on any atom is 0.171 e. The first-order chi connectivity index (χ1) is 8.52. The van der Waals surface area contributed by atoms with Gasteiger partial charge < -0.3 is 4.74 Å². The first-order valence-corrected chi connectivity index (χ1v) is 6.48. The molecule has 3 nitrogen and oxygen atoms in total. The van der Waals surface area contributed by atoms with E-state index in [-0.39, 0.29) is 5.78 Å². The predicted octanol–water partition coefficient (Wildman–Crippen LogP) is 3.64. The number of aryl methyl sites for hydroxylation is 2. The minimum absolute atomic E-state index is 0.0708. The molecule has 94 valence electrons. The second kappa shape index (κ2) is 4.90. The lowest BCUT2D eigenvalue weighted by molar-refractivity contribution is 0.102. The first-order valence-electron chi connectivity index (χ1n) is 5.66. The summed E-state index contributed by atoms with van der Waals surface area (Å²) in [4.78, 5) is 16.6. The molecule has 1 heterocycles. The summed E-state index contributed by atoms with van der Waals surface area (Å²) in [5.41, 5.74) is 2.89. The number of nitrogens with zero attached hydrogens (tertiary/aromatic N) is 1. The van der Waals surface area contributed by atoms with Crippen molar-refractivity contribution in [1.82, 2.24) is 4.98 Å². The van der Waals surface area contributed by atoms with Crippen LogP contribution in [0.4, 0.5) is 0 Å². The number of thiazole rings is 1. The highest BCUT2D eigenvalue weighted by Crippen LogP contribution is 2.31. The van der Waals surface area contributed by atoms with E-state index in [0.29, 0.717) is 0 Å². The zero-order valence-corrected chi connectivity index (χ0v) is 11.7. The third-order valence-corrected chi connectivity index (χ3v) is 4.07. The number of ether oxygens (including phenoxy) is 1. The SMILES string of the molecule is COc1ccc(-c2nc(C)c(C(C)=O)s2)cc1C. The number of ketones is 1. The number of carbonyl (C=O) groups excluding carboxylic acids is 1. The van der Waals surface area contributed by atoms with Crippen molar-refractivity contribution >= 4 is 17.1 Å². The summed E-state index contributed by atoms with van der Waals surface area (Å²) in [5, 5.41) is 0.878. The number of hydrogen-bond donors (Lipinski definition) is 0. The Kier molecular flexibility index (Phi) is 3.48. The number of rotatable bonds is 3. The van der Waals surface area contributed by atoms with E-state index in [1.807, 2.05) is 32.0 Å². The number of aromatic nitrogens is 1. The Morgan fingerprint density at radius 3 is 2.56 bits per heavy atom. The van der Waals surface area contributed by atoms with Gasteiger partial charge in [-0.3, -0.25) is 4.79 Å². The fraction of sp³-hybridized carbons (Fsp3) is 0.286. The number of hydrogen-bond acceptors (Lipinski definition) is 4. The maximum atomic E-state index is 11.4. The van der Waals surface area contributed by atoms with Crippen LogP contribution < -0.4 is 4.74 Å². The minimum Gasteiger partial charge on any atom is -0.496 e. The van der Waals surface area contributed by atoms with E-state index < -0.39 is 0 Å². The molecule has 2 rings (SSSR count). The van der Waals surface area contributed by atoms with Gasteiger partial charge in [-0.05, 0) is 37.6 Å². The molecule has 0 bridgehead atoms. The average Bonchev–Trinajstić information content (AvgIpc) is 2.71. The Morgan fingerprint density at radius 2 is 2.06 bits per heavy atom. The van der Waals surface area contributed by atoms with Crippen molar-refractivity contribution in [2.45, 2.75) is 20.8 Å². The molecule has 0 saturated carbocycles. The fourth-order valence-electron chi connectivity index (χ4n) is 1.86. The number of Topliss-reactive ketones (excluding diaryl/α,β-unsaturated/α-hetero) is 1. The zero-order valence-electron chi connectivity index (χ0n) is 10.9. The second-order valence-electron chi connectivity index (χ2n) is 4.17. The molecule has 0 aliphatic carbocycles. The normalized spacial score (nSPS) is 10.4. The third kappa shape index (κ3) is 2.29. The highest BCUT2D eigenvalue weighted by molar-refractivity contribution is 7.17. The summed E-state index contributed by atoms with van der Waals surface area (Å²) in [5.74, 6) is 0.931. The first kappa shape index (κ1) is 12.8. The van der Waals surface area contributed by atoms with Gasteiger partial charge in [0.05, 0.1) is 17.7 Å². The summed E-state index contributed by atoms with van der Waals surface area (Å²) in [7, 11) is 1.66. The average molecular weight is 261 g/mol. The summed E-state index contributed by atoms with van der Waals surface area (Å²) in [6, 6.07) is 5.92. The molecule has 2 aromatic rings. The molecule has 0 spiro atoms. The Hall–Kier alpha value is -1.68. The molecule has 1 aromatic heterocycles. The molecule has 18 heavy (non-hydrogen) atoms. The van der Waals surface area contributed by atoms with E-state index in [2.05, 4.69) is 4.98 Å². The lowest BCUT2D eigenvalue weighted by Gasteiger charge is -2.05. The molecule has 0 aliphatic heterocycles. The molecule has 0 unspecified atom stereocenters. The van der Waals surface area contributed by atoms with Crippen molar-refractivity contribution in [1.29, 1.82) is 0 Å². The molecule has 0 radical (unpaired) electrons. The molecule has 0 saturated heterocycles. The number of carbonyl (C=O) groups is 1. The van der Waals surface area contributed by atoms with Gasteiger partial charge in [-0.1, -0.05) is 0 Å². The van der Waals surface area contributed by atoms with Crippen LogP contribution in [-0.4, -0.2) is 17.9 Å². The fourth-order valence-corrected chi connectivity index (χ4v) is 2.82. The zero-order chi connectivity index (χ0) is 13.3. The largest absolute Gasteiger partial charge is 0.496 e. The molecule has 0 aliphatic rings. The maximum absolute atomic E-state index is 11.4. The van der Waals surface area contributed by atoms with E-state index in [1.165, 1.54) is 11.3 Å². The summed E-state index contributed by atoms with van der Waals surface area (Å²) in [6.45, 7) is 5.44. The quantitative estimate of drug-likeness (QED) is 0.792. The van der Waals surface area contributed by atoms with Gasteiger partial charge in [0.15, 0.2) is 5.78 Å². The number of methoxy groups -OCH3 is 1. The van der Waals surface area contributed by atoms with Crippen molar-refractivity contribution in [2.24, 2.45) is 0 Å². The summed E-state index contributed by atoms with van der Waals surface area (Å²) < 4.78 is 5.23. The van der Waals surface area contributed by atoms with Crippen molar-refractivity contribution in [3.63, 3.8) is 0 Å². The van der Waals surface area contributed by atoms with Crippen LogP contribution >= 0.6 is 11.3 Å². The molecule has 4 heteroatoms. The van der Waals surface area contributed by atoms with Crippen LogP contribution in [0.2, 0.25) is 0 Å². The smallest absolute Gasteiger partial charge is 0.171 e. The van der Waals surface area contributed by atoms with Gasteiger partial charge >= 0.3 is 0 Å². The van der Waals surface area contributed by atoms with Gasteiger partial charge in [0, 0.05) is 12.5 Å². The Bertz CT molecular complexity index is 602. The predicted molar refractivity (Wildman–Crippen MR) is 73.6 cm³/mol. The van der Waals surface area contributed by atoms with Crippen LogP contribution in [0.25, 0.3) is 10.6 Å². The Labute approximate surface area is 110 Å². The van der Waals surface area contributed by atoms with Crippen LogP contribution in [0.15, 0.2) is 18.2 Å². The van der Waals surface area contributed by atoms with Gasteiger partial charge in [0.25, 0.3) is 0 Å². The second-order valence-corrected chi connectivity index (χ2v) is 5.17. The van der Waals surface area contributed by atoms with Crippen LogP contribution in [0.1, 0.15) is 27.9 Å². The van der Waals surface area contributed by atoms with Crippen LogP contribution in [-0.2, 0) is 0 Å². The van der Waals surface area contributed by atoms with Gasteiger partial charge in [-0.15, -0.1) is 11.3 Å². The topological polar surface area (TPSA) is 39.2 Å². The van der Waals surface area contributed by atoms with Crippen LogP contribution in [0, 0.1) is 13.8 Å². The minimum atomic E-state index is 0.0708. The number of benzene rings is 1. The molecule has 1 aromatic carbocycles. The van der Waals surface area contributed by atoms with Gasteiger partial charge in [-0.2, -0.15) is 0 Å². The molecule has 0 N–H and O–H groups in total. The van der Waals surface area contributed by atoms with Crippen LogP contribution in [0.3, 0.4) is 0 Å². The third-order valence-electron chi connectivity index (χ3n) is 2.76. The van der Waals surface area contributed by atoms with Crippen molar-refractivity contribution in [2.75, 3.05) is 7.11 Å². The lowest BCUT2D eigenvalue weighted by Crippen LogP contribution is -1.89. The van der Waals surface area contributed by atoms with Crippen molar-refractivity contribution in [3.05, 3.63) is 34.3 Å². The summed E-state index contributed by atoms with van der Waals surface area (Å²) in [6.07, 6.45) is 0. The van der Waals surface area contributed by atoms with Crippen LogP contribution in [0.5, 0.6) is 5.75 Å². The molecule has 0 atom stereocenters. The van der Waals surface area contributed by atoms with Crippen molar-refractivity contribution in [3.8, 4) is 16.3 Å². The van der Waals surface area contributed by atoms with Crippen molar-refractivity contribution < 1.29 is 9.53 Å². The van der Waals surface area contributed by atoms with E-state index in [1.54, 1.807) is 14.0 Å². The highest BCUT2D eigenvalue weighted by Gasteiger charge is 2.13. The standard InChI is InChI=1S/C14H15NO2S/c1-8-7-11(5-6-12(8)17-4)14-15-9(2)13(18-14)10(3)16/h5-7H,1-4H3. The van der Waals surface area contributed by atoms with E-state index >= 15 is 0 Å². The van der Waals surface area contributed by atoms with E-state index in [4.69, 9.17) is 4.74 Å². The van der Waals surface area contributed by atoms with Gasteiger partial charge in [0.2, 0.25) is 0 Å². The summed E-state index contributed by atoms with van der Waals surface area (Å²) >= 11 is 1.44. The van der Waals surface area contributed by atoms with Gasteiger partial charge in [0.1, 0.15) is 10.8 Å². The van der Waals surface area contributed by atoms with Gasteiger partial charge in [-0.25, -0.2) is 4.98 Å². The molecule has 0 fully saturated rings. The van der Waals surface area contributed by atoms with E-state index in [9.17, 15) is 4.79 Å². The Morgan fingerprint density at radius 1 is 1.33 bits per heavy atom. The highest BCUT2D eigenvalue weighted by atomic mass is 32.1. The molecular weight excluding hydrogens is 246 g/mol. The van der Waals surface area contributed by atoms with E-state index in [0.717, 1.165) is 32.5 Å². The Balaban J connectivity index is 2.46.